The van der Waals surface area contributed by atoms with Gasteiger partial charge in [0.25, 0.3) is 0 Å². The number of rotatable bonds is 5. The summed E-state index contributed by atoms with van der Waals surface area (Å²) in [6.07, 6.45) is -6.39. The molecule has 0 bridgehead atoms. The molecule has 0 spiro atoms. The van der Waals surface area contributed by atoms with Crippen LogP contribution in [0.3, 0.4) is 0 Å². The first-order valence-electron chi connectivity index (χ1n) is 4.15. The fourth-order valence-electron chi connectivity index (χ4n) is 0.671. The Labute approximate surface area is 154 Å². The molecule has 10 nitrogen and oxygen atoms in total. The third-order valence-corrected chi connectivity index (χ3v) is 1.51. The van der Waals surface area contributed by atoms with E-state index >= 15 is 0 Å². The normalized spacial score (nSPS) is 16.6. The molecule has 6 N–H and O–H groups in total. The van der Waals surface area contributed by atoms with Gasteiger partial charge in [-0.1, -0.05) is 0 Å². The standard InChI is InChI=1S/C6H14O6.2Na.H2O4S/c7-1-3(9)5(11)6(12)4(10)2-8;;;1-5(2,3)4/h3-12H,1-2H2;;;(H2,1,2,3,4)/q;2*+1;/p-2/t3-,4+,5-,6-;;;/m1.../s1. The molecule has 0 aromatic rings. The average Bonchev–Trinajstić information content (AvgIpc) is 2.22. The first kappa shape index (κ1) is 28.7. The Kier molecular flexibility index (Phi) is 22.0. The van der Waals surface area contributed by atoms with Crippen molar-refractivity contribution in [2.45, 2.75) is 24.4 Å². The number of hydrogen-bond donors (Lipinski definition) is 6. The molecular formula is C6H14Na2O10S. The molecule has 0 aliphatic heterocycles. The van der Waals surface area contributed by atoms with E-state index in [1.54, 1.807) is 0 Å². The molecule has 0 saturated carbocycles. The maximum atomic E-state index is 8.96. The van der Waals surface area contributed by atoms with Crippen molar-refractivity contribution in [1.29, 1.82) is 0 Å². The molecule has 0 saturated heterocycles. The minimum atomic E-state index is -5.17. The van der Waals surface area contributed by atoms with Crippen molar-refractivity contribution in [3.05, 3.63) is 0 Å². The Hall–Kier alpha value is 1.63. The fourth-order valence-corrected chi connectivity index (χ4v) is 0.671. The zero-order valence-corrected chi connectivity index (χ0v) is 15.3. The number of aliphatic hydroxyl groups excluding tert-OH is 6. The molecule has 4 atom stereocenters. The van der Waals surface area contributed by atoms with Crippen molar-refractivity contribution < 1.29 is 107 Å². The van der Waals surface area contributed by atoms with E-state index in [0.717, 1.165) is 0 Å². The largest absolute Gasteiger partial charge is 1.00 e. The van der Waals surface area contributed by atoms with E-state index in [4.69, 9.17) is 48.2 Å². The zero-order valence-electron chi connectivity index (χ0n) is 10.4. The summed E-state index contributed by atoms with van der Waals surface area (Å²) >= 11 is 0. The fraction of sp³-hybridized carbons (Fsp3) is 1.00. The van der Waals surface area contributed by atoms with Gasteiger partial charge in [-0.05, 0) is 0 Å². The monoisotopic (exact) mass is 324 g/mol. The molecule has 0 aliphatic rings. The summed E-state index contributed by atoms with van der Waals surface area (Å²) in [6.45, 7) is -1.45. The van der Waals surface area contributed by atoms with Gasteiger partial charge in [-0.15, -0.1) is 0 Å². The van der Waals surface area contributed by atoms with Crippen LogP contribution in [0.4, 0.5) is 0 Å². The second kappa shape index (κ2) is 14.6. The van der Waals surface area contributed by atoms with E-state index in [1.165, 1.54) is 0 Å². The number of aliphatic hydroxyl groups is 6. The van der Waals surface area contributed by atoms with Crippen LogP contribution in [0.15, 0.2) is 0 Å². The second-order valence-electron chi connectivity index (χ2n) is 2.89. The van der Waals surface area contributed by atoms with E-state index in [1.807, 2.05) is 0 Å². The molecule has 0 fully saturated rings. The van der Waals surface area contributed by atoms with Crippen LogP contribution in [0.2, 0.25) is 0 Å². The predicted molar refractivity (Wildman–Crippen MR) is 48.7 cm³/mol. The Morgan fingerprint density at radius 1 is 0.789 bits per heavy atom. The Balaban J connectivity index is -0.000000139. The maximum Gasteiger partial charge on any atom is 1.00 e. The minimum Gasteiger partial charge on any atom is -0.759 e. The van der Waals surface area contributed by atoms with Gasteiger partial charge in [0.15, 0.2) is 0 Å². The van der Waals surface area contributed by atoms with Crippen LogP contribution in [0, 0.1) is 0 Å². The second-order valence-corrected chi connectivity index (χ2v) is 3.71. The van der Waals surface area contributed by atoms with Crippen molar-refractivity contribution >= 4 is 10.4 Å². The van der Waals surface area contributed by atoms with Crippen LogP contribution in [-0.2, 0) is 10.4 Å². The van der Waals surface area contributed by atoms with Crippen LogP contribution in [0.5, 0.6) is 0 Å². The molecule has 13 heteroatoms. The van der Waals surface area contributed by atoms with Crippen LogP contribution in [0.1, 0.15) is 0 Å². The molecular weight excluding hydrogens is 310 g/mol. The van der Waals surface area contributed by atoms with Gasteiger partial charge in [0.05, 0.1) is 13.2 Å². The van der Waals surface area contributed by atoms with Gasteiger partial charge < -0.3 is 39.7 Å². The summed E-state index contributed by atoms with van der Waals surface area (Å²) in [6, 6.07) is 0. The van der Waals surface area contributed by atoms with E-state index in [-0.39, 0.29) is 59.1 Å². The molecule has 0 aromatic heterocycles. The quantitative estimate of drug-likeness (QED) is 0.160. The van der Waals surface area contributed by atoms with Crippen molar-refractivity contribution in [1.82, 2.24) is 0 Å². The average molecular weight is 324 g/mol. The first-order chi connectivity index (χ1) is 7.54. The Bertz CT molecular complexity index is 264. The molecule has 0 rings (SSSR count). The van der Waals surface area contributed by atoms with Gasteiger partial charge in [-0.3, -0.25) is 8.42 Å². The molecule has 106 valence electrons. The topological polar surface area (TPSA) is 202 Å². The summed E-state index contributed by atoms with van der Waals surface area (Å²) in [5.41, 5.74) is 0. The van der Waals surface area contributed by atoms with Crippen molar-refractivity contribution in [3.63, 3.8) is 0 Å². The van der Waals surface area contributed by atoms with Gasteiger partial charge in [-0.25, -0.2) is 0 Å². The Morgan fingerprint density at radius 2 is 0.947 bits per heavy atom. The summed E-state index contributed by atoms with van der Waals surface area (Å²) in [4.78, 5) is 0. The zero-order chi connectivity index (χ0) is 14.2. The van der Waals surface area contributed by atoms with Crippen LogP contribution in [-0.4, -0.2) is 85.8 Å². The Morgan fingerprint density at radius 3 is 1.05 bits per heavy atom. The minimum absolute atomic E-state index is 0. The predicted octanol–water partition coefficient (Wildman–Crippen LogP) is -10.9. The number of hydrogen-bond acceptors (Lipinski definition) is 10. The summed E-state index contributed by atoms with van der Waals surface area (Å²) < 4.78 is 34.1. The molecule has 0 aliphatic carbocycles. The van der Waals surface area contributed by atoms with Gasteiger partial charge in [0.1, 0.15) is 24.4 Å². The van der Waals surface area contributed by atoms with Crippen molar-refractivity contribution in [2.24, 2.45) is 0 Å². The maximum absolute atomic E-state index is 8.96. The van der Waals surface area contributed by atoms with E-state index < -0.39 is 48.0 Å². The van der Waals surface area contributed by atoms with Crippen LogP contribution >= 0.6 is 0 Å². The van der Waals surface area contributed by atoms with Gasteiger partial charge in [-0.2, -0.15) is 0 Å². The summed E-state index contributed by atoms with van der Waals surface area (Å²) in [5.74, 6) is 0. The third kappa shape index (κ3) is 19.6. The summed E-state index contributed by atoms with van der Waals surface area (Å²) in [7, 11) is -5.17. The van der Waals surface area contributed by atoms with E-state index in [0.29, 0.717) is 0 Å². The first-order valence-corrected chi connectivity index (χ1v) is 5.48. The van der Waals surface area contributed by atoms with E-state index in [9.17, 15) is 0 Å². The molecule has 0 unspecified atom stereocenters. The smallest absolute Gasteiger partial charge is 0.759 e. The van der Waals surface area contributed by atoms with Crippen LogP contribution in [0.25, 0.3) is 0 Å². The van der Waals surface area contributed by atoms with Crippen LogP contribution < -0.4 is 59.1 Å². The summed E-state index contributed by atoms with van der Waals surface area (Å²) in [5, 5.41) is 52.2. The van der Waals surface area contributed by atoms with Gasteiger partial charge in [0.2, 0.25) is 0 Å². The van der Waals surface area contributed by atoms with Crippen molar-refractivity contribution in [3.8, 4) is 0 Å². The molecule has 0 heterocycles. The van der Waals surface area contributed by atoms with E-state index in [2.05, 4.69) is 0 Å². The SMILES string of the molecule is O=S(=O)([O-])[O-].OC[C@@H](O)[C@@H](O)[C@H](O)[C@@H](O)CO.[Na+].[Na+]. The van der Waals surface area contributed by atoms with Crippen molar-refractivity contribution in [2.75, 3.05) is 13.2 Å². The third-order valence-electron chi connectivity index (χ3n) is 1.51. The van der Waals surface area contributed by atoms with Gasteiger partial charge in [0, 0.05) is 10.4 Å². The molecule has 0 amide bonds. The molecule has 0 aromatic carbocycles. The molecule has 19 heavy (non-hydrogen) atoms. The molecule has 0 radical (unpaired) electrons. The van der Waals surface area contributed by atoms with Gasteiger partial charge >= 0.3 is 59.1 Å².